The van der Waals surface area contributed by atoms with Gasteiger partial charge in [0.2, 0.25) is 5.91 Å². The number of benzene rings is 3. The molecule has 21 nitrogen and oxygen atoms in total. The van der Waals surface area contributed by atoms with E-state index in [0.29, 0.717) is 0 Å². The van der Waals surface area contributed by atoms with Crippen LogP contribution in [0.15, 0.2) is 91.0 Å². The Morgan fingerprint density at radius 1 is 0.657 bits per heavy atom. The van der Waals surface area contributed by atoms with Gasteiger partial charge in [-0.1, -0.05) is 54.6 Å². The van der Waals surface area contributed by atoms with E-state index in [1.54, 1.807) is 60.9 Å². The first kappa shape index (κ1) is 54.1. The van der Waals surface area contributed by atoms with Gasteiger partial charge in [-0.2, -0.15) is 0 Å². The van der Waals surface area contributed by atoms with Crippen LogP contribution in [0.25, 0.3) is 0 Å². The molecule has 2 aliphatic rings. The molecule has 3 aromatic rings. The van der Waals surface area contributed by atoms with Crippen molar-refractivity contribution in [3.8, 4) is 0 Å². The Balaban J connectivity index is 1.82. The van der Waals surface area contributed by atoms with Gasteiger partial charge >= 0.3 is 47.8 Å². The number of hydrogen-bond donors (Lipinski definition) is 1. The number of amides is 1. The van der Waals surface area contributed by atoms with Crippen LogP contribution in [-0.4, -0.2) is 147 Å². The second-order valence-corrected chi connectivity index (χ2v) is 16.6. The lowest BCUT2D eigenvalue weighted by Crippen LogP contribution is -2.74. The summed E-state index contributed by atoms with van der Waals surface area (Å²) in [5, 5.41) is 2.61. The molecule has 5 rings (SSSR count). The smallest absolute Gasteiger partial charge is 0.367 e. The van der Waals surface area contributed by atoms with Gasteiger partial charge in [0.05, 0.1) is 42.4 Å². The van der Waals surface area contributed by atoms with Crippen molar-refractivity contribution >= 4 is 65.4 Å². The number of hydrogen-bond acceptors (Lipinski definition) is 21. The third-order valence-electron chi connectivity index (χ3n) is 10.7. The summed E-state index contributed by atoms with van der Waals surface area (Å²) in [4.78, 5) is 121. The van der Waals surface area contributed by atoms with Crippen molar-refractivity contribution in [2.45, 2.75) is 94.6 Å². The molecule has 0 saturated carbocycles. The fraction of sp³-hybridized carbons (Fsp3) is 0.438. The van der Waals surface area contributed by atoms with Gasteiger partial charge in [0.25, 0.3) is 5.79 Å². The molecule has 70 heavy (non-hydrogen) atoms. The number of ether oxygens (including phenoxy) is 11. The number of thioether (sulfide) groups is 1. The van der Waals surface area contributed by atoms with Gasteiger partial charge in [-0.15, -0.1) is 11.8 Å². The first-order valence-corrected chi connectivity index (χ1v) is 22.9. The van der Waals surface area contributed by atoms with E-state index in [1.165, 1.54) is 36.4 Å². The maximum atomic E-state index is 15.0. The van der Waals surface area contributed by atoms with Gasteiger partial charge in [-0.3, -0.25) is 24.0 Å². The summed E-state index contributed by atoms with van der Waals surface area (Å²) in [7, 11) is 0.920. The van der Waals surface area contributed by atoms with E-state index in [-0.39, 0.29) is 16.7 Å². The summed E-state index contributed by atoms with van der Waals surface area (Å²) in [6, 6.07) is 21.4. The Bertz CT molecular complexity index is 2340. The van der Waals surface area contributed by atoms with Gasteiger partial charge in [0.1, 0.15) is 37.0 Å². The van der Waals surface area contributed by atoms with Crippen molar-refractivity contribution < 1.29 is 95.3 Å². The second kappa shape index (κ2) is 25.1. The highest BCUT2D eigenvalue weighted by atomic mass is 32.2. The number of nitrogens with one attached hydrogen (secondary N) is 1. The van der Waals surface area contributed by atoms with Crippen LogP contribution in [0.1, 0.15) is 65.7 Å². The molecule has 22 heteroatoms. The number of carbonyl (C=O) groups excluding carboxylic acids is 9. The first-order chi connectivity index (χ1) is 33.4. The molecule has 1 amide bonds. The quantitative estimate of drug-likeness (QED) is 0.133. The molecule has 3 aromatic carbocycles. The third kappa shape index (κ3) is 13.9. The number of carbonyl (C=O) groups is 9. The zero-order valence-corrected chi connectivity index (χ0v) is 39.9. The summed E-state index contributed by atoms with van der Waals surface area (Å²) in [5.74, 6) is -14.1. The van der Waals surface area contributed by atoms with Crippen LogP contribution in [0.2, 0.25) is 0 Å². The number of methoxy groups -OCH3 is 1. The van der Waals surface area contributed by atoms with Gasteiger partial charge in [0, 0.05) is 34.6 Å². The van der Waals surface area contributed by atoms with Gasteiger partial charge in [-0.25, -0.2) is 19.2 Å². The lowest BCUT2D eigenvalue weighted by atomic mass is 9.77. The third-order valence-corrected chi connectivity index (χ3v) is 11.5. The van der Waals surface area contributed by atoms with E-state index in [4.69, 9.17) is 52.1 Å². The highest BCUT2D eigenvalue weighted by molar-refractivity contribution is 7.99. The highest BCUT2D eigenvalue weighted by Gasteiger charge is 2.67. The van der Waals surface area contributed by atoms with Crippen LogP contribution >= 0.6 is 11.8 Å². The molecule has 0 aliphatic carbocycles. The molecular formula is C48H53NO20S. The molecule has 0 radical (unpaired) electrons. The largest absolute Gasteiger partial charge is 0.465 e. The van der Waals surface area contributed by atoms with Crippen molar-refractivity contribution in [1.82, 2.24) is 5.32 Å². The van der Waals surface area contributed by atoms with E-state index >= 15 is 0 Å². The fourth-order valence-corrected chi connectivity index (χ4v) is 8.60. The molecule has 2 heterocycles. The molecule has 376 valence electrons. The zero-order valence-electron chi connectivity index (χ0n) is 39.1. The molecule has 2 fully saturated rings. The average Bonchev–Trinajstić information content (AvgIpc) is 3.33. The summed E-state index contributed by atoms with van der Waals surface area (Å²) in [6.45, 7) is 2.77. The zero-order chi connectivity index (χ0) is 51.1. The standard InChI is InChI=1S/C48H53NO20S/c1-26(50)49-38-34(63-28(3)52)25-62-48(47(58)59-6,37(38)39(65-30(5)54)35(64-29(4)53)23-60-27(2)51)69-41-40(67-44(56)32-19-13-9-14-20-32)36(24-61-43(55)31-17-11-8-12-18-31)66-46(70-7)42(41)68-45(57)33-21-15-10-16-22-33/h8-22,34-42,46H,23-25H2,1-7H3,(H,49,50)/t34-,35+,36+,37+,38+,39+,40-,41-,42+,46-,48+/m0/s1. The minimum Gasteiger partial charge on any atom is -0.465 e. The van der Waals surface area contributed by atoms with E-state index in [0.717, 1.165) is 53.5 Å². The van der Waals surface area contributed by atoms with Crippen LogP contribution in [-0.2, 0) is 80.9 Å². The normalized spacial score (nSPS) is 24.7. The van der Waals surface area contributed by atoms with Crippen molar-refractivity contribution in [2.24, 2.45) is 5.92 Å². The van der Waals surface area contributed by atoms with E-state index in [2.05, 4.69) is 5.32 Å². The number of rotatable bonds is 19. The number of esters is 8. The first-order valence-electron chi connectivity index (χ1n) is 21.6. The van der Waals surface area contributed by atoms with Crippen molar-refractivity contribution in [2.75, 3.05) is 33.2 Å². The monoisotopic (exact) mass is 995 g/mol. The Hall–Kier alpha value is -6.88. The SMILES string of the molecule is COC(=O)[C@@]1(O[C@H]2[C@@H](OC(=O)c3ccccc3)[C@@H](COC(=O)c3ccccc3)O[C@@H](SC)[C@@H]2OC(=O)c2ccccc2)OC[C@H](OC(C)=O)[C@@H](NC(C)=O)[C@@H]1[C@H](OC(C)=O)[C@@H](COC(C)=O)OC(C)=O. The molecule has 1 N–H and O–H groups in total. The van der Waals surface area contributed by atoms with Crippen molar-refractivity contribution in [1.29, 1.82) is 0 Å². The Morgan fingerprint density at radius 3 is 1.66 bits per heavy atom. The lowest BCUT2D eigenvalue weighted by Gasteiger charge is -2.53. The van der Waals surface area contributed by atoms with Crippen LogP contribution in [0.3, 0.4) is 0 Å². The van der Waals surface area contributed by atoms with Crippen molar-refractivity contribution in [3.05, 3.63) is 108 Å². The molecular weight excluding hydrogens is 943 g/mol. The Labute approximate surface area is 406 Å². The van der Waals surface area contributed by atoms with Gasteiger partial charge in [0.15, 0.2) is 24.4 Å². The molecule has 2 saturated heterocycles. The summed E-state index contributed by atoms with van der Waals surface area (Å²) < 4.78 is 65.5. The second-order valence-electron chi connectivity index (χ2n) is 15.7. The van der Waals surface area contributed by atoms with Crippen LogP contribution < -0.4 is 5.32 Å². The maximum absolute atomic E-state index is 15.0. The van der Waals surface area contributed by atoms with E-state index in [9.17, 15) is 43.2 Å². The van der Waals surface area contributed by atoms with Crippen LogP contribution in [0.4, 0.5) is 0 Å². The fourth-order valence-electron chi connectivity index (χ4n) is 7.86. The topological polar surface area (TPSA) is 267 Å². The molecule has 11 atom stereocenters. The van der Waals surface area contributed by atoms with E-state index < -0.39 is 139 Å². The van der Waals surface area contributed by atoms with E-state index in [1.807, 2.05) is 0 Å². The lowest BCUT2D eigenvalue weighted by molar-refractivity contribution is -0.355. The predicted octanol–water partition coefficient (Wildman–Crippen LogP) is 3.15. The van der Waals surface area contributed by atoms with Crippen LogP contribution in [0, 0.1) is 5.92 Å². The highest BCUT2D eigenvalue weighted by Crippen LogP contribution is 2.45. The molecule has 0 spiro atoms. The van der Waals surface area contributed by atoms with Crippen molar-refractivity contribution in [3.63, 3.8) is 0 Å². The minimum atomic E-state index is -3.10. The Morgan fingerprint density at radius 2 is 1.19 bits per heavy atom. The molecule has 2 aliphatic heterocycles. The minimum absolute atomic E-state index is 0.000127. The maximum Gasteiger partial charge on any atom is 0.367 e. The summed E-state index contributed by atoms with van der Waals surface area (Å²) >= 11 is 0.967. The Kier molecular flexibility index (Phi) is 19.4. The van der Waals surface area contributed by atoms with Crippen LogP contribution in [0.5, 0.6) is 0 Å². The summed E-state index contributed by atoms with van der Waals surface area (Å²) in [6.07, 6.45) is -11.0. The molecule has 0 bridgehead atoms. The van der Waals surface area contributed by atoms with Gasteiger partial charge in [-0.05, 0) is 42.7 Å². The van der Waals surface area contributed by atoms with Gasteiger partial charge < -0.3 is 57.4 Å². The molecule has 0 aromatic heterocycles. The molecule has 0 unspecified atom stereocenters. The predicted molar refractivity (Wildman–Crippen MR) is 240 cm³/mol. The average molecular weight is 996 g/mol. The summed E-state index contributed by atoms with van der Waals surface area (Å²) in [5.41, 5.74) is -1.14.